The number of amides is 1. The molecule has 0 aliphatic rings. The number of benzene rings is 1. The number of carboxylic acid groups (broad SMARTS) is 1. The van der Waals surface area contributed by atoms with Crippen LogP contribution in [0.2, 0.25) is 0 Å². The van der Waals surface area contributed by atoms with Gasteiger partial charge in [0, 0.05) is 18.4 Å². The summed E-state index contributed by atoms with van der Waals surface area (Å²) in [5, 5.41) is 11.1. The van der Waals surface area contributed by atoms with E-state index in [1.807, 2.05) is 13.8 Å². The summed E-state index contributed by atoms with van der Waals surface area (Å²) >= 11 is 0. The van der Waals surface area contributed by atoms with E-state index in [0.717, 1.165) is 0 Å². The van der Waals surface area contributed by atoms with E-state index < -0.39 is 11.4 Å². The van der Waals surface area contributed by atoms with Crippen molar-refractivity contribution >= 4 is 11.9 Å². The smallest absolute Gasteiger partial charge is 0.303 e. The first-order chi connectivity index (χ1) is 8.83. The lowest BCUT2D eigenvalue weighted by Gasteiger charge is -2.26. The normalized spacial score (nSPS) is 11.1. The van der Waals surface area contributed by atoms with Crippen molar-refractivity contribution in [2.75, 3.05) is 6.54 Å². The van der Waals surface area contributed by atoms with E-state index in [0.29, 0.717) is 5.56 Å². The first-order valence-electron chi connectivity index (χ1n) is 6.06. The lowest BCUT2D eigenvalue weighted by atomic mass is 9.84. The minimum atomic E-state index is -1.01. The van der Waals surface area contributed by atoms with Gasteiger partial charge in [0.2, 0.25) is 5.91 Å². The van der Waals surface area contributed by atoms with Gasteiger partial charge >= 0.3 is 5.97 Å². The molecular weight excluding hydrogens is 249 g/mol. The fourth-order valence-electron chi connectivity index (χ4n) is 1.73. The predicted octanol–water partition coefficient (Wildman–Crippen LogP) is 2.08. The first-order valence-corrected chi connectivity index (χ1v) is 6.06. The van der Waals surface area contributed by atoms with Crippen LogP contribution in [0.4, 0.5) is 4.39 Å². The minimum Gasteiger partial charge on any atom is -0.481 e. The Morgan fingerprint density at radius 3 is 2.47 bits per heavy atom. The average Bonchev–Trinajstić information content (AvgIpc) is 2.34. The van der Waals surface area contributed by atoms with E-state index in [-0.39, 0.29) is 31.1 Å². The van der Waals surface area contributed by atoms with Crippen LogP contribution in [0.1, 0.15) is 32.3 Å². The molecular formula is C14H18FNO3. The maximum absolute atomic E-state index is 13.7. The highest BCUT2D eigenvalue weighted by Gasteiger charge is 2.24. The third-order valence-electron chi connectivity index (χ3n) is 2.90. The van der Waals surface area contributed by atoms with Gasteiger partial charge in [0.1, 0.15) is 5.82 Å². The number of rotatable bonds is 6. The lowest BCUT2D eigenvalue weighted by molar-refractivity contribution is -0.138. The van der Waals surface area contributed by atoms with Crippen LogP contribution in [0, 0.1) is 5.82 Å². The molecule has 5 heteroatoms. The average molecular weight is 267 g/mol. The summed E-state index contributed by atoms with van der Waals surface area (Å²) in [6.07, 6.45) is -0.269. The summed E-state index contributed by atoms with van der Waals surface area (Å²) < 4.78 is 13.7. The topological polar surface area (TPSA) is 66.4 Å². The number of aliphatic carboxylic acids is 1. The van der Waals surface area contributed by atoms with Gasteiger partial charge in [-0.25, -0.2) is 4.39 Å². The van der Waals surface area contributed by atoms with E-state index in [9.17, 15) is 14.0 Å². The fraction of sp³-hybridized carbons (Fsp3) is 0.429. The van der Waals surface area contributed by atoms with E-state index in [1.54, 1.807) is 18.2 Å². The number of carboxylic acids is 1. The molecule has 0 aliphatic carbocycles. The van der Waals surface area contributed by atoms with Crippen LogP contribution in [-0.2, 0) is 15.0 Å². The zero-order valence-corrected chi connectivity index (χ0v) is 11.1. The molecule has 0 heterocycles. The van der Waals surface area contributed by atoms with E-state index >= 15 is 0 Å². The Hall–Kier alpha value is -1.91. The van der Waals surface area contributed by atoms with Gasteiger partial charge in [-0.2, -0.15) is 0 Å². The predicted molar refractivity (Wildman–Crippen MR) is 69.3 cm³/mol. The van der Waals surface area contributed by atoms with Crippen molar-refractivity contribution in [2.24, 2.45) is 0 Å². The second kappa shape index (κ2) is 6.31. The Labute approximate surface area is 111 Å². The Morgan fingerprint density at radius 2 is 1.89 bits per heavy atom. The van der Waals surface area contributed by atoms with Crippen molar-refractivity contribution in [1.29, 1.82) is 0 Å². The Kier molecular flexibility index (Phi) is 5.03. The highest BCUT2D eigenvalue weighted by Crippen LogP contribution is 2.24. The molecule has 0 spiro atoms. The van der Waals surface area contributed by atoms with E-state index in [2.05, 4.69) is 5.32 Å². The van der Waals surface area contributed by atoms with Crippen molar-refractivity contribution in [3.63, 3.8) is 0 Å². The molecule has 2 N–H and O–H groups in total. The molecule has 0 aromatic heterocycles. The van der Waals surface area contributed by atoms with Crippen molar-refractivity contribution in [3.8, 4) is 0 Å². The monoisotopic (exact) mass is 267 g/mol. The Balaban J connectivity index is 2.58. The summed E-state index contributed by atoms with van der Waals surface area (Å²) in [6.45, 7) is 3.90. The molecule has 4 nitrogen and oxygen atoms in total. The lowest BCUT2D eigenvalue weighted by Crippen LogP contribution is -2.37. The van der Waals surface area contributed by atoms with E-state index in [4.69, 9.17) is 5.11 Å². The summed E-state index contributed by atoms with van der Waals surface area (Å²) in [5.41, 5.74) is -0.0296. The van der Waals surface area contributed by atoms with Gasteiger partial charge in [-0.05, 0) is 11.6 Å². The molecule has 19 heavy (non-hydrogen) atoms. The summed E-state index contributed by atoms with van der Waals surface area (Å²) in [4.78, 5) is 21.8. The van der Waals surface area contributed by atoms with Crippen LogP contribution in [0.25, 0.3) is 0 Å². The second-order valence-corrected chi connectivity index (χ2v) is 5.03. The zero-order chi connectivity index (χ0) is 14.5. The van der Waals surface area contributed by atoms with E-state index in [1.165, 1.54) is 6.07 Å². The second-order valence-electron chi connectivity index (χ2n) is 5.03. The van der Waals surface area contributed by atoms with Crippen LogP contribution in [0.5, 0.6) is 0 Å². The fourth-order valence-corrected chi connectivity index (χ4v) is 1.73. The van der Waals surface area contributed by atoms with Crippen LogP contribution in [0.3, 0.4) is 0 Å². The third kappa shape index (κ3) is 4.69. The van der Waals surface area contributed by atoms with Gasteiger partial charge in [0.05, 0.1) is 6.42 Å². The van der Waals surface area contributed by atoms with Crippen LogP contribution in [0.15, 0.2) is 24.3 Å². The minimum absolute atomic E-state index is 0.0668. The molecule has 1 rings (SSSR count). The standard InChI is InChI=1S/C14H18FNO3/c1-14(2,10-5-3-4-6-11(10)15)9-16-12(17)7-8-13(18)19/h3-6H,7-9H2,1-2H3,(H,16,17)(H,18,19). The molecule has 0 fully saturated rings. The number of nitrogens with one attached hydrogen (secondary N) is 1. The SMILES string of the molecule is CC(C)(CNC(=O)CCC(=O)O)c1ccccc1F. The molecule has 0 atom stereocenters. The summed E-state index contributed by atoms with van der Waals surface area (Å²) in [7, 11) is 0. The van der Waals surface area contributed by atoms with Crippen molar-refractivity contribution < 1.29 is 19.1 Å². The maximum atomic E-state index is 13.7. The summed E-state index contributed by atoms with van der Waals surface area (Å²) in [5.74, 6) is -1.66. The van der Waals surface area contributed by atoms with Crippen LogP contribution < -0.4 is 5.32 Å². The molecule has 0 bridgehead atoms. The molecule has 0 aliphatic heterocycles. The molecule has 0 radical (unpaired) electrons. The van der Waals surface area contributed by atoms with Gasteiger partial charge in [0.25, 0.3) is 0 Å². The molecule has 0 saturated heterocycles. The van der Waals surface area contributed by atoms with Gasteiger partial charge in [0.15, 0.2) is 0 Å². The molecule has 0 saturated carbocycles. The number of halogens is 1. The third-order valence-corrected chi connectivity index (χ3v) is 2.90. The largest absolute Gasteiger partial charge is 0.481 e. The quantitative estimate of drug-likeness (QED) is 0.829. The van der Waals surface area contributed by atoms with Crippen LogP contribution in [-0.4, -0.2) is 23.5 Å². The molecule has 1 amide bonds. The molecule has 1 aromatic carbocycles. The number of hydrogen-bond donors (Lipinski definition) is 2. The van der Waals surface area contributed by atoms with Gasteiger partial charge < -0.3 is 10.4 Å². The Bertz CT molecular complexity index is 472. The highest BCUT2D eigenvalue weighted by molar-refractivity contribution is 5.80. The van der Waals surface area contributed by atoms with Gasteiger partial charge in [-0.1, -0.05) is 32.0 Å². The van der Waals surface area contributed by atoms with Gasteiger partial charge in [-0.3, -0.25) is 9.59 Å². The number of hydrogen-bond acceptors (Lipinski definition) is 2. The Morgan fingerprint density at radius 1 is 1.26 bits per heavy atom. The summed E-state index contributed by atoms with van der Waals surface area (Å²) in [6, 6.07) is 6.41. The molecule has 0 unspecified atom stereocenters. The molecule has 1 aromatic rings. The van der Waals surface area contributed by atoms with Crippen molar-refractivity contribution in [1.82, 2.24) is 5.32 Å². The highest BCUT2D eigenvalue weighted by atomic mass is 19.1. The first kappa shape index (κ1) is 15.1. The zero-order valence-electron chi connectivity index (χ0n) is 11.1. The number of carbonyl (C=O) groups excluding carboxylic acids is 1. The number of carbonyl (C=O) groups is 2. The van der Waals surface area contributed by atoms with Crippen molar-refractivity contribution in [3.05, 3.63) is 35.6 Å². The maximum Gasteiger partial charge on any atom is 0.303 e. The molecule has 104 valence electrons. The van der Waals surface area contributed by atoms with Crippen LogP contribution >= 0.6 is 0 Å². The van der Waals surface area contributed by atoms with Gasteiger partial charge in [-0.15, -0.1) is 0 Å². The van der Waals surface area contributed by atoms with Crippen molar-refractivity contribution in [2.45, 2.75) is 32.1 Å².